The highest BCUT2D eigenvalue weighted by Crippen LogP contribution is 2.13. The van der Waals surface area contributed by atoms with Crippen molar-refractivity contribution in [3.05, 3.63) is 0 Å². The van der Waals surface area contributed by atoms with Gasteiger partial charge in [-0.1, -0.05) is 27.7 Å². The summed E-state index contributed by atoms with van der Waals surface area (Å²) < 4.78 is 13.4. The van der Waals surface area contributed by atoms with Crippen LogP contribution in [0.4, 0.5) is 4.39 Å². The molecule has 0 radical (unpaired) electrons. The van der Waals surface area contributed by atoms with Gasteiger partial charge in [-0.25, -0.2) is 4.39 Å². The van der Waals surface area contributed by atoms with Crippen molar-refractivity contribution in [2.24, 2.45) is 11.8 Å². The molecule has 7 heteroatoms. The minimum atomic E-state index is -1.03. The van der Waals surface area contributed by atoms with Crippen molar-refractivity contribution in [2.75, 3.05) is 13.6 Å². The fraction of sp³-hybridized carbons (Fsp3) is 0.812. The Hall–Kier alpha value is -1.66. The van der Waals surface area contributed by atoms with E-state index in [0.717, 1.165) is 0 Å². The number of rotatable bonds is 10. The van der Waals surface area contributed by atoms with Crippen LogP contribution in [-0.2, 0) is 14.4 Å². The van der Waals surface area contributed by atoms with Gasteiger partial charge < -0.3 is 16.0 Å². The lowest BCUT2D eigenvalue weighted by atomic mass is 9.99. The molecular weight excluding hydrogens is 301 g/mol. The van der Waals surface area contributed by atoms with Crippen LogP contribution < -0.4 is 16.0 Å². The molecule has 3 atom stereocenters. The lowest BCUT2D eigenvalue weighted by Gasteiger charge is -2.22. The van der Waals surface area contributed by atoms with Gasteiger partial charge in [-0.05, 0) is 25.2 Å². The predicted molar refractivity (Wildman–Crippen MR) is 87.4 cm³/mol. The van der Waals surface area contributed by atoms with Crippen molar-refractivity contribution in [1.29, 1.82) is 0 Å². The number of likely N-dealkylation sites (N-methyl/N-ethyl adjacent to an activating group) is 1. The molecule has 0 aromatic rings. The van der Waals surface area contributed by atoms with Crippen LogP contribution in [0, 0.1) is 11.8 Å². The summed E-state index contributed by atoms with van der Waals surface area (Å²) in [5.41, 5.74) is 0. The van der Waals surface area contributed by atoms with Crippen molar-refractivity contribution in [2.45, 2.75) is 59.2 Å². The standard InChI is InChI=1S/C16H30FN3O3/c1-6-12(17)8-11(4)15(22)20-13(7-10(2)3)16(23)19-9-14(21)18-5/h10-13H,6-9H2,1-5H3,(H,18,21)(H,19,23)(H,20,22)/t11?,12-,13?/m0/s1. The van der Waals surface area contributed by atoms with E-state index in [9.17, 15) is 18.8 Å². The van der Waals surface area contributed by atoms with Crippen molar-refractivity contribution in [3.8, 4) is 0 Å². The van der Waals surface area contributed by atoms with Gasteiger partial charge in [0.2, 0.25) is 17.7 Å². The van der Waals surface area contributed by atoms with Crippen molar-refractivity contribution in [1.82, 2.24) is 16.0 Å². The van der Waals surface area contributed by atoms with Gasteiger partial charge in [-0.2, -0.15) is 0 Å². The molecule has 0 aliphatic carbocycles. The van der Waals surface area contributed by atoms with E-state index in [4.69, 9.17) is 0 Å². The van der Waals surface area contributed by atoms with Crippen LogP contribution in [0.3, 0.4) is 0 Å². The number of hydrogen-bond acceptors (Lipinski definition) is 3. The van der Waals surface area contributed by atoms with Crippen LogP contribution in [0.15, 0.2) is 0 Å². The summed E-state index contributed by atoms with van der Waals surface area (Å²) in [4.78, 5) is 35.5. The van der Waals surface area contributed by atoms with E-state index in [2.05, 4.69) is 16.0 Å². The van der Waals surface area contributed by atoms with Crippen LogP contribution in [0.5, 0.6) is 0 Å². The van der Waals surface area contributed by atoms with Gasteiger partial charge in [0.05, 0.1) is 6.54 Å². The number of alkyl halides is 1. The monoisotopic (exact) mass is 331 g/mol. The molecule has 0 aromatic heterocycles. The molecule has 3 amide bonds. The zero-order valence-electron chi connectivity index (χ0n) is 14.7. The molecule has 3 N–H and O–H groups in total. The number of hydrogen-bond donors (Lipinski definition) is 3. The van der Waals surface area contributed by atoms with Gasteiger partial charge >= 0.3 is 0 Å². The third-order valence-electron chi connectivity index (χ3n) is 3.54. The first-order valence-corrected chi connectivity index (χ1v) is 8.13. The Balaban J connectivity index is 4.67. The molecule has 0 aromatic carbocycles. The molecule has 0 aliphatic heterocycles. The second kappa shape index (κ2) is 11.0. The van der Waals surface area contributed by atoms with Crippen molar-refractivity contribution in [3.63, 3.8) is 0 Å². The van der Waals surface area contributed by atoms with Crippen molar-refractivity contribution >= 4 is 17.7 Å². The lowest BCUT2D eigenvalue weighted by molar-refractivity contribution is -0.132. The molecule has 0 aliphatic rings. The topological polar surface area (TPSA) is 87.3 Å². The molecular formula is C16H30FN3O3. The lowest BCUT2D eigenvalue weighted by Crippen LogP contribution is -2.50. The Morgan fingerprint density at radius 1 is 1.04 bits per heavy atom. The quantitative estimate of drug-likeness (QED) is 0.561. The number of halogens is 1. The second-order valence-corrected chi connectivity index (χ2v) is 6.22. The molecule has 0 saturated carbocycles. The maximum atomic E-state index is 13.4. The number of carbonyl (C=O) groups is 3. The molecule has 0 fully saturated rings. The van der Waals surface area contributed by atoms with E-state index in [-0.39, 0.29) is 30.7 Å². The summed E-state index contributed by atoms with van der Waals surface area (Å²) >= 11 is 0. The molecule has 23 heavy (non-hydrogen) atoms. The van der Waals surface area contributed by atoms with E-state index in [1.165, 1.54) is 7.05 Å². The van der Waals surface area contributed by atoms with Crippen LogP contribution >= 0.6 is 0 Å². The number of carbonyl (C=O) groups excluding carboxylic acids is 3. The Bertz CT molecular complexity index is 402. The number of amides is 3. The van der Waals surface area contributed by atoms with Crippen molar-refractivity contribution < 1.29 is 18.8 Å². The summed E-state index contributed by atoms with van der Waals surface area (Å²) in [6, 6.07) is -0.728. The average Bonchev–Trinajstić information content (AvgIpc) is 2.50. The van der Waals surface area contributed by atoms with E-state index < -0.39 is 24.0 Å². The van der Waals surface area contributed by atoms with Gasteiger partial charge in [-0.3, -0.25) is 14.4 Å². The van der Waals surface area contributed by atoms with Gasteiger partial charge in [0.25, 0.3) is 0 Å². The zero-order valence-corrected chi connectivity index (χ0v) is 14.7. The summed E-state index contributed by atoms with van der Waals surface area (Å²) in [5, 5.41) is 7.57. The highest BCUT2D eigenvalue weighted by Gasteiger charge is 2.25. The average molecular weight is 331 g/mol. The molecule has 0 bridgehead atoms. The second-order valence-electron chi connectivity index (χ2n) is 6.22. The van der Waals surface area contributed by atoms with Gasteiger partial charge in [-0.15, -0.1) is 0 Å². The van der Waals surface area contributed by atoms with Crippen LogP contribution in [0.25, 0.3) is 0 Å². The summed E-state index contributed by atoms with van der Waals surface area (Å²) in [6.07, 6.45) is -0.0810. The summed E-state index contributed by atoms with van der Waals surface area (Å²) in [7, 11) is 1.48. The Morgan fingerprint density at radius 3 is 2.13 bits per heavy atom. The Morgan fingerprint density at radius 2 is 1.65 bits per heavy atom. The van der Waals surface area contributed by atoms with Crippen LogP contribution in [-0.4, -0.2) is 43.5 Å². The number of nitrogens with one attached hydrogen (secondary N) is 3. The van der Waals surface area contributed by atoms with Gasteiger partial charge in [0, 0.05) is 13.0 Å². The van der Waals surface area contributed by atoms with Gasteiger partial charge in [0.1, 0.15) is 12.2 Å². The molecule has 6 nitrogen and oxygen atoms in total. The third kappa shape index (κ3) is 9.15. The first-order valence-electron chi connectivity index (χ1n) is 8.13. The minimum absolute atomic E-state index is 0.136. The normalized spacial score (nSPS) is 14.7. The Labute approximate surface area is 138 Å². The van der Waals surface area contributed by atoms with Crippen LogP contribution in [0.2, 0.25) is 0 Å². The summed E-state index contributed by atoms with van der Waals surface area (Å²) in [5.74, 6) is -1.39. The van der Waals surface area contributed by atoms with Gasteiger partial charge in [0.15, 0.2) is 0 Å². The minimum Gasteiger partial charge on any atom is -0.358 e. The largest absolute Gasteiger partial charge is 0.358 e. The van der Waals surface area contributed by atoms with E-state index in [1.54, 1.807) is 13.8 Å². The van der Waals surface area contributed by atoms with Crippen LogP contribution in [0.1, 0.15) is 47.0 Å². The first kappa shape index (κ1) is 21.3. The first-order chi connectivity index (χ1) is 10.7. The maximum absolute atomic E-state index is 13.4. The molecule has 0 rings (SSSR count). The molecule has 2 unspecified atom stereocenters. The highest BCUT2D eigenvalue weighted by molar-refractivity contribution is 5.90. The molecule has 0 spiro atoms. The predicted octanol–water partition coefficient (Wildman–Crippen LogP) is 1.15. The molecule has 134 valence electrons. The maximum Gasteiger partial charge on any atom is 0.243 e. The zero-order chi connectivity index (χ0) is 18.0. The van der Waals surface area contributed by atoms with E-state index in [0.29, 0.717) is 12.8 Å². The molecule has 0 heterocycles. The fourth-order valence-electron chi connectivity index (χ4n) is 2.05. The SMILES string of the molecule is CC[C@H](F)CC(C)C(=O)NC(CC(C)C)C(=O)NCC(=O)NC. The van der Waals surface area contributed by atoms with E-state index >= 15 is 0 Å². The summed E-state index contributed by atoms with van der Waals surface area (Å²) in [6.45, 7) is 7.10. The fourth-order valence-corrected chi connectivity index (χ4v) is 2.05. The van der Waals surface area contributed by atoms with E-state index in [1.807, 2.05) is 13.8 Å². The smallest absolute Gasteiger partial charge is 0.243 e. The Kier molecular flexibility index (Phi) is 10.2. The molecule has 0 saturated heterocycles. The highest BCUT2D eigenvalue weighted by atomic mass is 19.1. The third-order valence-corrected chi connectivity index (χ3v) is 3.54.